The molecule has 0 amide bonds. The second kappa shape index (κ2) is 7.71. The van der Waals surface area contributed by atoms with Crippen LogP contribution in [-0.2, 0) is 14.3 Å². The van der Waals surface area contributed by atoms with Gasteiger partial charge in [0.1, 0.15) is 11.6 Å². The number of nitrogens with two attached hydrogens (primary N) is 1. The number of hydrogen-bond donors (Lipinski definition) is 2. The Morgan fingerprint density at radius 3 is 1.58 bits per heavy atom. The standard InChI is InChI=1S/C5H8O2.C2H6N2O/c1-4(6)3-5(2)7;1-5-2(3)4/h3H2,1-2H3;1H3,(H3,3,4). The van der Waals surface area contributed by atoms with Gasteiger partial charge in [0.2, 0.25) is 0 Å². The number of amidine groups is 1. The number of ether oxygens (including phenoxy) is 1. The lowest BCUT2D eigenvalue weighted by molar-refractivity contribution is -0.124. The molecule has 0 saturated heterocycles. The van der Waals surface area contributed by atoms with Crippen molar-refractivity contribution in [3.05, 3.63) is 0 Å². The molecule has 70 valence electrons. The molecule has 0 aliphatic heterocycles. The Bertz CT molecular complexity index is 165. The first-order valence-electron chi connectivity index (χ1n) is 3.27. The summed E-state index contributed by atoms with van der Waals surface area (Å²) in [6.45, 7) is 2.81. The highest BCUT2D eigenvalue weighted by molar-refractivity contribution is 5.96. The number of methoxy groups -OCH3 is 1. The van der Waals surface area contributed by atoms with Gasteiger partial charge in [-0.25, -0.2) is 0 Å². The number of hydrogen-bond acceptors (Lipinski definition) is 4. The Hall–Kier alpha value is -1.39. The number of carbonyl (C=O) groups excluding carboxylic acids is 2. The van der Waals surface area contributed by atoms with E-state index >= 15 is 0 Å². The molecule has 5 heteroatoms. The van der Waals surface area contributed by atoms with Crippen molar-refractivity contribution < 1.29 is 14.3 Å². The average Bonchev–Trinajstić information content (AvgIpc) is 1.85. The molecule has 0 unspecified atom stereocenters. The Kier molecular flexibility index (Phi) is 8.50. The van der Waals surface area contributed by atoms with Gasteiger partial charge in [-0.1, -0.05) is 0 Å². The summed E-state index contributed by atoms with van der Waals surface area (Å²) >= 11 is 0. The summed E-state index contributed by atoms with van der Waals surface area (Å²) in [4.78, 5) is 20.1. The van der Waals surface area contributed by atoms with Gasteiger partial charge < -0.3 is 10.5 Å². The summed E-state index contributed by atoms with van der Waals surface area (Å²) in [5.74, 6) is -0.125. The molecule has 0 saturated carbocycles. The van der Waals surface area contributed by atoms with Crippen molar-refractivity contribution in [1.29, 1.82) is 5.41 Å². The molecule has 0 aromatic carbocycles. The maximum absolute atomic E-state index is 10.0. The third-order valence-corrected chi connectivity index (χ3v) is 0.718. The Morgan fingerprint density at radius 1 is 1.33 bits per heavy atom. The third kappa shape index (κ3) is 23.5. The van der Waals surface area contributed by atoms with Crippen LogP contribution in [0.1, 0.15) is 20.3 Å². The predicted octanol–water partition coefficient (Wildman–Crippen LogP) is 0.0808. The van der Waals surface area contributed by atoms with Gasteiger partial charge in [0.25, 0.3) is 6.02 Å². The van der Waals surface area contributed by atoms with Crippen LogP contribution in [0, 0.1) is 5.41 Å². The van der Waals surface area contributed by atoms with Crippen molar-refractivity contribution in [3.8, 4) is 0 Å². The van der Waals surface area contributed by atoms with Gasteiger partial charge in [0, 0.05) is 0 Å². The van der Waals surface area contributed by atoms with Gasteiger partial charge in [0.15, 0.2) is 0 Å². The largest absolute Gasteiger partial charge is 0.469 e. The number of nitrogens with one attached hydrogen (secondary N) is 1. The predicted molar refractivity (Wildman–Crippen MR) is 44.9 cm³/mol. The number of rotatable bonds is 2. The van der Waals surface area contributed by atoms with Crippen molar-refractivity contribution in [3.63, 3.8) is 0 Å². The van der Waals surface area contributed by atoms with Crippen molar-refractivity contribution >= 4 is 17.6 Å². The molecule has 0 atom stereocenters. The quantitative estimate of drug-likeness (QED) is 0.352. The van der Waals surface area contributed by atoms with Gasteiger partial charge in [-0.3, -0.25) is 15.0 Å². The first kappa shape index (κ1) is 13.2. The van der Waals surface area contributed by atoms with Crippen LogP contribution >= 0.6 is 0 Å². The molecule has 0 bridgehead atoms. The molecule has 0 heterocycles. The van der Waals surface area contributed by atoms with E-state index < -0.39 is 0 Å². The fourth-order valence-electron chi connectivity index (χ4n) is 0.351. The molecule has 5 nitrogen and oxygen atoms in total. The maximum atomic E-state index is 10.0. The molecular weight excluding hydrogens is 160 g/mol. The molecule has 0 spiro atoms. The molecule has 3 N–H and O–H groups in total. The minimum absolute atomic E-state index is 0.0625. The smallest absolute Gasteiger partial charge is 0.278 e. The molecule has 0 aliphatic carbocycles. The molecule has 12 heavy (non-hydrogen) atoms. The minimum atomic E-state index is -0.245. The van der Waals surface area contributed by atoms with Crippen LogP contribution in [0.4, 0.5) is 0 Å². The summed E-state index contributed by atoms with van der Waals surface area (Å²) in [6.07, 6.45) is 0.0833. The molecular formula is C7H14N2O3. The fourth-order valence-corrected chi connectivity index (χ4v) is 0.351. The van der Waals surface area contributed by atoms with Gasteiger partial charge >= 0.3 is 0 Å². The first-order valence-corrected chi connectivity index (χ1v) is 3.27. The maximum Gasteiger partial charge on any atom is 0.278 e. The Morgan fingerprint density at radius 2 is 1.58 bits per heavy atom. The van der Waals surface area contributed by atoms with Crippen molar-refractivity contribution in [2.24, 2.45) is 5.73 Å². The minimum Gasteiger partial charge on any atom is -0.469 e. The zero-order valence-electron chi connectivity index (χ0n) is 7.51. The molecule has 0 fully saturated rings. The van der Waals surface area contributed by atoms with Crippen LogP contribution in [0.5, 0.6) is 0 Å². The number of ketones is 2. The van der Waals surface area contributed by atoms with Crippen LogP contribution in [0.2, 0.25) is 0 Å². The highest BCUT2D eigenvalue weighted by atomic mass is 16.5. The molecule has 0 aromatic heterocycles. The number of Topliss-reactive ketones (excluding diaryl/α,β-unsaturated/α-hetero) is 2. The van der Waals surface area contributed by atoms with E-state index in [0.29, 0.717) is 0 Å². The van der Waals surface area contributed by atoms with E-state index in [9.17, 15) is 9.59 Å². The summed E-state index contributed by atoms with van der Waals surface area (Å²) in [6, 6.07) is -0.245. The molecule has 0 aliphatic rings. The number of carbonyl (C=O) groups is 2. The average molecular weight is 174 g/mol. The molecule has 0 aromatic rings. The van der Waals surface area contributed by atoms with Gasteiger partial charge in [-0.2, -0.15) is 0 Å². The van der Waals surface area contributed by atoms with Gasteiger partial charge in [-0.05, 0) is 13.8 Å². The third-order valence-electron chi connectivity index (χ3n) is 0.718. The van der Waals surface area contributed by atoms with E-state index in [4.69, 9.17) is 5.41 Å². The Labute approximate surface area is 71.4 Å². The van der Waals surface area contributed by atoms with E-state index in [1.165, 1.54) is 21.0 Å². The van der Waals surface area contributed by atoms with Crippen molar-refractivity contribution in [2.45, 2.75) is 20.3 Å². The van der Waals surface area contributed by atoms with E-state index in [0.717, 1.165) is 0 Å². The van der Waals surface area contributed by atoms with Crippen molar-refractivity contribution in [2.75, 3.05) is 7.11 Å². The highest BCUT2D eigenvalue weighted by Crippen LogP contribution is 1.80. The summed E-state index contributed by atoms with van der Waals surface area (Å²) in [5, 5.41) is 6.30. The molecule has 0 rings (SSSR count). The first-order chi connectivity index (χ1) is 5.40. The van der Waals surface area contributed by atoms with E-state index in [-0.39, 0.29) is 24.0 Å². The van der Waals surface area contributed by atoms with Gasteiger partial charge in [-0.15, -0.1) is 0 Å². The van der Waals surface area contributed by atoms with Crippen LogP contribution < -0.4 is 5.73 Å². The second-order valence-electron chi connectivity index (χ2n) is 2.15. The summed E-state index contributed by atoms with van der Waals surface area (Å²) in [7, 11) is 1.35. The van der Waals surface area contributed by atoms with E-state index in [1.54, 1.807) is 0 Å². The summed E-state index contributed by atoms with van der Waals surface area (Å²) in [5.41, 5.74) is 4.65. The topological polar surface area (TPSA) is 93.2 Å². The van der Waals surface area contributed by atoms with Crippen LogP contribution in [0.25, 0.3) is 0 Å². The zero-order valence-corrected chi connectivity index (χ0v) is 7.51. The van der Waals surface area contributed by atoms with Crippen LogP contribution in [0.3, 0.4) is 0 Å². The van der Waals surface area contributed by atoms with Crippen molar-refractivity contribution in [1.82, 2.24) is 0 Å². The van der Waals surface area contributed by atoms with E-state index in [2.05, 4.69) is 10.5 Å². The Balaban J connectivity index is 0. The van der Waals surface area contributed by atoms with E-state index in [1.807, 2.05) is 0 Å². The summed E-state index contributed by atoms with van der Waals surface area (Å²) < 4.78 is 4.11. The second-order valence-corrected chi connectivity index (χ2v) is 2.15. The van der Waals surface area contributed by atoms with Crippen LogP contribution in [-0.4, -0.2) is 24.7 Å². The lowest BCUT2D eigenvalue weighted by Gasteiger charge is -1.85. The van der Waals surface area contributed by atoms with Crippen LogP contribution in [0.15, 0.2) is 0 Å². The van der Waals surface area contributed by atoms with Gasteiger partial charge in [0.05, 0.1) is 13.5 Å². The lowest BCUT2D eigenvalue weighted by Crippen LogP contribution is -2.10. The zero-order chi connectivity index (χ0) is 10.1. The SMILES string of the molecule is CC(=O)CC(C)=O.COC(=N)N. The fraction of sp³-hybridized carbons (Fsp3) is 0.571. The normalized spacial score (nSPS) is 7.58. The monoisotopic (exact) mass is 174 g/mol. The molecule has 0 radical (unpaired) electrons. The lowest BCUT2D eigenvalue weighted by atomic mass is 10.2. The highest BCUT2D eigenvalue weighted by Gasteiger charge is 1.94.